The van der Waals surface area contributed by atoms with Crippen LogP contribution in [0.5, 0.6) is 0 Å². The van der Waals surface area contributed by atoms with Crippen LogP contribution in [0.3, 0.4) is 0 Å². The largest absolute Gasteiger partial charge is 0.390 e. The van der Waals surface area contributed by atoms with Crippen LogP contribution in [-0.2, 0) is 4.74 Å². The van der Waals surface area contributed by atoms with Crippen LogP contribution in [0.4, 0.5) is 0 Å². The Morgan fingerprint density at radius 3 is 2.84 bits per heavy atom. The minimum Gasteiger partial charge on any atom is -0.390 e. The maximum absolute atomic E-state index is 9.87. The predicted octanol–water partition coefficient (Wildman–Crippen LogP) is 3.11. The van der Waals surface area contributed by atoms with Gasteiger partial charge in [-0.1, -0.05) is 18.2 Å². The molecule has 2 rings (SSSR count). The standard InChI is InChI=1S/C15H19NO2S/c1-11(2)18-9-12(17)10-19-15-7-8-16-14-6-4-3-5-13(14)15/h3-8,11-12,17H,9-10H2,1-2H3/t12-/m1/s1. The van der Waals surface area contributed by atoms with Crippen LogP contribution in [-0.4, -0.2) is 34.7 Å². The number of fused-ring (bicyclic) bond motifs is 1. The minimum atomic E-state index is -0.445. The molecule has 0 amide bonds. The molecule has 2 aromatic rings. The summed E-state index contributed by atoms with van der Waals surface area (Å²) >= 11 is 1.64. The van der Waals surface area contributed by atoms with Gasteiger partial charge >= 0.3 is 0 Å². The molecule has 1 aromatic carbocycles. The summed E-state index contributed by atoms with van der Waals surface area (Å²) in [6, 6.07) is 10.0. The van der Waals surface area contributed by atoms with E-state index in [0.717, 1.165) is 15.8 Å². The highest BCUT2D eigenvalue weighted by atomic mass is 32.2. The van der Waals surface area contributed by atoms with Gasteiger partial charge in [-0.2, -0.15) is 0 Å². The van der Waals surface area contributed by atoms with Crippen molar-refractivity contribution in [2.75, 3.05) is 12.4 Å². The Balaban J connectivity index is 1.98. The van der Waals surface area contributed by atoms with Crippen LogP contribution >= 0.6 is 11.8 Å². The zero-order valence-corrected chi connectivity index (χ0v) is 12.1. The molecule has 0 saturated carbocycles. The fraction of sp³-hybridized carbons (Fsp3) is 0.400. The third-order valence-electron chi connectivity index (χ3n) is 2.66. The molecule has 1 atom stereocenters. The molecular formula is C15H19NO2S. The smallest absolute Gasteiger partial charge is 0.0867 e. The van der Waals surface area contributed by atoms with Crippen LogP contribution in [0, 0.1) is 0 Å². The molecule has 4 heteroatoms. The van der Waals surface area contributed by atoms with E-state index < -0.39 is 6.10 Å². The Morgan fingerprint density at radius 1 is 1.26 bits per heavy atom. The van der Waals surface area contributed by atoms with Gasteiger partial charge in [0.1, 0.15) is 0 Å². The average molecular weight is 277 g/mol. The Labute approximate surface area is 118 Å². The summed E-state index contributed by atoms with van der Waals surface area (Å²) in [7, 11) is 0. The Bertz CT molecular complexity index is 525. The monoisotopic (exact) mass is 277 g/mol. The van der Waals surface area contributed by atoms with Crippen molar-refractivity contribution in [3.05, 3.63) is 36.5 Å². The Hall–Kier alpha value is -1.10. The van der Waals surface area contributed by atoms with Crippen molar-refractivity contribution < 1.29 is 9.84 Å². The number of para-hydroxylation sites is 1. The molecule has 3 nitrogen and oxygen atoms in total. The van der Waals surface area contributed by atoms with Crippen molar-refractivity contribution in [1.82, 2.24) is 4.98 Å². The van der Waals surface area contributed by atoms with Crippen molar-refractivity contribution in [3.63, 3.8) is 0 Å². The van der Waals surface area contributed by atoms with E-state index in [9.17, 15) is 5.11 Å². The number of hydrogen-bond acceptors (Lipinski definition) is 4. The van der Waals surface area contributed by atoms with E-state index in [1.54, 1.807) is 11.8 Å². The van der Waals surface area contributed by atoms with Crippen molar-refractivity contribution in [2.45, 2.75) is 31.0 Å². The zero-order chi connectivity index (χ0) is 13.7. The molecule has 0 radical (unpaired) electrons. The number of rotatable bonds is 6. The van der Waals surface area contributed by atoms with Gasteiger partial charge in [0.05, 0.1) is 24.3 Å². The number of ether oxygens (including phenoxy) is 1. The van der Waals surface area contributed by atoms with Gasteiger partial charge < -0.3 is 9.84 Å². The van der Waals surface area contributed by atoms with Crippen molar-refractivity contribution in [3.8, 4) is 0 Å². The quantitative estimate of drug-likeness (QED) is 0.824. The van der Waals surface area contributed by atoms with E-state index >= 15 is 0 Å². The Kier molecular flexibility index (Phi) is 5.19. The minimum absolute atomic E-state index is 0.154. The summed E-state index contributed by atoms with van der Waals surface area (Å²) in [5, 5.41) is 11.0. The fourth-order valence-corrected chi connectivity index (χ4v) is 2.69. The molecule has 0 aliphatic heterocycles. The number of hydrogen-bond donors (Lipinski definition) is 1. The first-order valence-electron chi connectivity index (χ1n) is 6.43. The average Bonchev–Trinajstić information content (AvgIpc) is 2.42. The molecule has 0 bridgehead atoms. The van der Waals surface area contributed by atoms with E-state index in [1.807, 2.05) is 44.3 Å². The number of thioether (sulfide) groups is 1. The molecule has 0 aliphatic rings. The third kappa shape index (κ3) is 4.20. The second kappa shape index (κ2) is 6.89. The van der Waals surface area contributed by atoms with Crippen molar-refractivity contribution in [1.29, 1.82) is 0 Å². The molecule has 0 fully saturated rings. The summed E-state index contributed by atoms with van der Waals surface area (Å²) in [4.78, 5) is 5.48. The zero-order valence-electron chi connectivity index (χ0n) is 11.2. The summed E-state index contributed by atoms with van der Waals surface area (Å²) in [5.74, 6) is 0.626. The topological polar surface area (TPSA) is 42.4 Å². The van der Waals surface area contributed by atoms with Gasteiger partial charge in [-0.15, -0.1) is 11.8 Å². The van der Waals surface area contributed by atoms with Gasteiger partial charge in [-0.25, -0.2) is 0 Å². The molecule has 1 heterocycles. The molecule has 19 heavy (non-hydrogen) atoms. The van der Waals surface area contributed by atoms with E-state index in [-0.39, 0.29) is 6.10 Å². The van der Waals surface area contributed by atoms with Gasteiger partial charge in [-0.05, 0) is 26.0 Å². The third-order valence-corrected chi connectivity index (χ3v) is 3.88. The van der Waals surface area contributed by atoms with Crippen LogP contribution in [0.1, 0.15) is 13.8 Å². The van der Waals surface area contributed by atoms with Gasteiger partial charge in [-0.3, -0.25) is 4.98 Å². The van der Waals surface area contributed by atoms with Crippen molar-refractivity contribution in [2.24, 2.45) is 0 Å². The SMILES string of the molecule is CC(C)OC[C@@H](O)CSc1ccnc2ccccc12. The highest BCUT2D eigenvalue weighted by Crippen LogP contribution is 2.26. The molecule has 0 aliphatic carbocycles. The maximum atomic E-state index is 9.87. The first-order valence-corrected chi connectivity index (χ1v) is 7.41. The fourth-order valence-electron chi connectivity index (χ4n) is 1.73. The van der Waals surface area contributed by atoms with Gasteiger partial charge in [0.15, 0.2) is 0 Å². The first kappa shape index (κ1) is 14.3. The summed E-state index contributed by atoms with van der Waals surface area (Å²) in [6.07, 6.45) is 1.52. The molecule has 0 spiro atoms. The number of aliphatic hydroxyl groups excluding tert-OH is 1. The van der Waals surface area contributed by atoms with Crippen LogP contribution in [0.15, 0.2) is 41.4 Å². The predicted molar refractivity (Wildman–Crippen MR) is 79.6 cm³/mol. The highest BCUT2D eigenvalue weighted by molar-refractivity contribution is 7.99. The maximum Gasteiger partial charge on any atom is 0.0867 e. The first-order chi connectivity index (χ1) is 9.16. The molecule has 0 unspecified atom stereocenters. The second-order valence-electron chi connectivity index (χ2n) is 4.67. The van der Waals surface area contributed by atoms with E-state index in [1.165, 1.54) is 0 Å². The molecule has 1 aromatic heterocycles. The number of aliphatic hydroxyl groups is 1. The normalized spacial score (nSPS) is 13.1. The van der Waals surface area contributed by atoms with Crippen molar-refractivity contribution >= 4 is 22.7 Å². The Morgan fingerprint density at radius 2 is 2.05 bits per heavy atom. The summed E-state index contributed by atoms with van der Waals surface area (Å²) in [5.41, 5.74) is 0.987. The highest BCUT2D eigenvalue weighted by Gasteiger charge is 2.08. The van der Waals surface area contributed by atoms with Gasteiger partial charge in [0.25, 0.3) is 0 Å². The van der Waals surface area contributed by atoms with E-state index in [2.05, 4.69) is 11.1 Å². The summed E-state index contributed by atoms with van der Waals surface area (Å²) in [6.45, 7) is 4.32. The molecule has 102 valence electrons. The number of benzene rings is 1. The lowest BCUT2D eigenvalue weighted by Crippen LogP contribution is -2.20. The lowest BCUT2D eigenvalue weighted by molar-refractivity contribution is 0.0152. The van der Waals surface area contributed by atoms with Gasteiger partial charge in [0, 0.05) is 22.2 Å². The number of pyridine rings is 1. The number of nitrogens with zero attached hydrogens (tertiary/aromatic N) is 1. The van der Waals surface area contributed by atoms with E-state index in [0.29, 0.717) is 12.4 Å². The summed E-state index contributed by atoms with van der Waals surface area (Å²) < 4.78 is 5.40. The van der Waals surface area contributed by atoms with Gasteiger partial charge in [0.2, 0.25) is 0 Å². The lowest BCUT2D eigenvalue weighted by atomic mass is 10.2. The molecule has 0 saturated heterocycles. The lowest BCUT2D eigenvalue weighted by Gasteiger charge is -2.13. The van der Waals surface area contributed by atoms with Crippen LogP contribution in [0.25, 0.3) is 10.9 Å². The second-order valence-corrected chi connectivity index (χ2v) is 5.73. The number of aromatic nitrogens is 1. The molecule has 1 N–H and O–H groups in total. The molecular weight excluding hydrogens is 258 g/mol. The van der Waals surface area contributed by atoms with Crippen LogP contribution < -0.4 is 0 Å². The van der Waals surface area contributed by atoms with Crippen LogP contribution in [0.2, 0.25) is 0 Å². The van der Waals surface area contributed by atoms with E-state index in [4.69, 9.17) is 4.74 Å².